The first-order valence-corrected chi connectivity index (χ1v) is 3.79. The second-order valence-electron chi connectivity index (χ2n) is 1.74. The van der Waals surface area contributed by atoms with Gasteiger partial charge in [0.15, 0.2) is 7.28 Å². The first kappa shape index (κ1) is 6.77. The van der Waals surface area contributed by atoms with Gasteiger partial charge in [0.25, 0.3) is 0 Å². The van der Waals surface area contributed by atoms with Gasteiger partial charge in [-0.05, 0) is 0 Å². The molecule has 0 fully saturated rings. The van der Waals surface area contributed by atoms with Crippen LogP contribution in [0.1, 0.15) is 5.69 Å². The minimum atomic E-state index is 0.0660. The van der Waals surface area contributed by atoms with E-state index in [9.17, 15) is 0 Å². The molecule has 0 bridgehead atoms. The zero-order valence-electron chi connectivity index (χ0n) is 5.29. The number of nitrogens with zero attached hydrogens (tertiary/aromatic N) is 1. The summed E-state index contributed by atoms with van der Waals surface area (Å²) in [6.07, 6.45) is 0. The fraction of sp³-hybridized carbons (Fsp3) is 0.400. The van der Waals surface area contributed by atoms with Gasteiger partial charge in [-0.2, -0.15) is 0 Å². The Labute approximate surface area is 58.8 Å². The molecule has 9 heavy (non-hydrogen) atoms. The highest BCUT2D eigenvalue weighted by molar-refractivity contribution is 7.19. The monoisotopic (exact) mass is 141 g/mol. The van der Waals surface area contributed by atoms with Crippen molar-refractivity contribution in [3.63, 3.8) is 0 Å². The molecule has 2 nitrogen and oxygen atoms in total. The quantitative estimate of drug-likeness (QED) is 0.576. The molecule has 1 aromatic rings. The van der Waals surface area contributed by atoms with Crippen LogP contribution in [0.5, 0.6) is 0 Å². The molecule has 0 atom stereocenters. The van der Waals surface area contributed by atoms with Gasteiger partial charge in [0.05, 0.1) is 12.3 Å². The molecule has 0 unspecified atom stereocenters. The van der Waals surface area contributed by atoms with E-state index in [-0.39, 0.29) is 6.61 Å². The molecule has 0 aliphatic heterocycles. The van der Waals surface area contributed by atoms with E-state index in [0.29, 0.717) is 0 Å². The van der Waals surface area contributed by atoms with Gasteiger partial charge >= 0.3 is 0 Å². The van der Waals surface area contributed by atoms with Crippen LogP contribution >= 0.6 is 11.3 Å². The van der Waals surface area contributed by atoms with Gasteiger partial charge in [-0.15, -0.1) is 11.3 Å². The molecule has 0 aliphatic rings. The number of aliphatic hydroxyl groups is 1. The Morgan fingerprint density at radius 3 is 3.00 bits per heavy atom. The summed E-state index contributed by atoms with van der Waals surface area (Å²) >= 11 is 1.60. The summed E-state index contributed by atoms with van der Waals surface area (Å²) in [7, 11) is 0.963. The van der Waals surface area contributed by atoms with Crippen LogP contribution in [-0.4, -0.2) is 17.4 Å². The van der Waals surface area contributed by atoms with E-state index in [2.05, 4.69) is 11.8 Å². The number of rotatable bonds is 2. The summed E-state index contributed by atoms with van der Waals surface area (Å²) in [5, 5.41) is 10.5. The number of hydrogen-bond donors (Lipinski definition) is 1. The van der Waals surface area contributed by atoms with Crippen LogP contribution in [0.4, 0.5) is 0 Å². The maximum atomic E-state index is 8.59. The third-order valence-corrected chi connectivity index (χ3v) is 2.11. The van der Waals surface area contributed by atoms with Crippen molar-refractivity contribution in [3.8, 4) is 0 Å². The van der Waals surface area contributed by atoms with Crippen LogP contribution in [0.25, 0.3) is 0 Å². The van der Waals surface area contributed by atoms with Crippen molar-refractivity contribution in [1.29, 1.82) is 0 Å². The van der Waals surface area contributed by atoms with Crippen molar-refractivity contribution in [3.05, 3.63) is 11.1 Å². The molecule has 1 rings (SSSR count). The Balaban J connectivity index is 2.74. The summed E-state index contributed by atoms with van der Waals surface area (Å²) < 4.78 is 0. The second kappa shape index (κ2) is 2.99. The Kier molecular flexibility index (Phi) is 2.25. The molecule has 0 amide bonds. The molecule has 0 saturated heterocycles. The minimum Gasteiger partial charge on any atom is -0.390 e. The van der Waals surface area contributed by atoms with Crippen molar-refractivity contribution in [2.75, 3.05) is 0 Å². The van der Waals surface area contributed by atoms with Crippen LogP contribution in [0.15, 0.2) is 5.38 Å². The number of aromatic nitrogens is 1. The summed E-state index contributed by atoms with van der Waals surface area (Å²) in [4.78, 5) is 5.21. The van der Waals surface area contributed by atoms with Gasteiger partial charge < -0.3 is 5.11 Å². The predicted molar refractivity (Wildman–Crippen MR) is 40.7 cm³/mol. The molecule has 4 heteroatoms. The van der Waals surface area contributed by atoms with E-state index >= 15 is 0 Å². The molecular weight excluding hydrogens is 133 g/mol. The van der Waals surface area contributed by atoms with E-state index in [4.69, 9.17) is 5.11 Å². The Hall–Kier alpha value is -0.345. The van der Waals surface area contributed by atoms with Gasteiger partial charge in [0.2, 0.25) is 0 Å². The van der Waals surface area contributed by atoms with E-state index < -0.39 is 0 Å². The van der Waals surface area contributed by atoms with E-state index in [1.54, 1.807) is 11.3 Å². The standard InChI is InChI=1S/C5H8BNOS/c1-6-5-7-4(2-8)3-9-5/h3,6,8H,2H2,1H3. The average Bonchev–Trinajstić information content (AvgIpc) is 2.34. The number of aliphatic hydroxyl groups excluding tert-OH is 1. The summed E-state index contributed by atoms with van der Waals surface area (Å²) in [5.74, 6) is 0. The van der Waals surface area contributed by atoms with Crippen molar-refractivity contribution >= 4 is 23.5 Å². The molecule has 0 spiro atoms. The van der Waals surface area contributed by atoms with Crippen LogP contribution in [0.2, 0.25) is 6.82 Å². The van der Waals surface area contributed by atoms with Crippen LogP contribution < -0.4 is 4.91 Å². The van der Waals surface area contributed by atoms with Crippen LogP contribution in [0.3, 0.4) is 0 Å². The zero-order chi connectivity index (χ0) is 6.69. The molecule has 0 aliphatic carbocycles. The SMILES string of the molecule is CBc1nc(CO)cs1. The van der Waals surface area contributed by atoms with E-state index in [1.807, 2.05) is 5.38 Å². The van der Waals surface area contributed by atoms with Crippen LogP contribution in [0, 0.1) is 0 Å². The first-order chi connectivity index (χ1) is 4.36. The van der Waals surface area contributed by atoms with Gasteiger partial charge in [-0.3, -0.25) is 4.98 Å². The lowest BCUT2D eigenvalue weighted by atomic mass is 9.84. The highest BCUT2D eigenvalue weighted by Gasteiger charge is 1.96. The fourth-order valence-corrected chi connectivity index (χ4v) is 1.32. The van der Waals surface area contributed by atoms with Gasteiger partial charge in [0, 0.05) is 10.3 Å². The molecular formula is C5H8BNOS. The van der Waals surface area contributed by atoms with Gasteiger partial charge in [-0.1, -0.05) is 6.82 Å². The molecule has 0 radical (unpaired) electrons. The lowest BCUT2D eigenvalue weighted by Gasteiger charge is -1.82. The molecule has 1 aromatic heterocycles. The topological polar surface area (TPSA) is 33.1 Å². The predicted octanol–water partition coefficient (Wildman–Crippen LogP) is -0.255. The highest BCUT2D eigenvalue weighted by atomic mass is 32.1. The lowest BCUT2D eigenvalue weighted by molar-refractivity contribution is 0.278. The maximum Gasteiger partial charge on any atom is 0.192 e. The summed E-state index contributed by atoms with van der Waals surface area (Å²) in [6, 6.07) is 0. The first-order valence-electron chi connectivity index (χ1n) is 2.91. The minimum absolute atomic E-state index is 0.0660. The summed E-state index contributed by atoms with van der Waals surface area (Å²) in [6.45, 7) is 2.12. The van der Waals surface area contributed by atoms with Gasteiger partial charge in [0.1, 0.15) is 0 Å². The zero-order valence-corrected chi connectivity index (χ0v) is 6.11. The van der Waals surface area contributed by atoms with Crippen LogP contribution in [-0.2, 0) is 6.61 Å². The molecule has 1 heterocycles. The second-order valence-corrected chi connectivity index (χ2v) is 2.69. The fourth-order valence-electron chi connectivity index (χ4n) is 0.584. The van der Waals surface area contributed by atoms with Gasteiger partial charge in [-0.25, -0.2) is 0 Å². The lowest BCUT2D eigenvalue weighted by Crippen LogP contribution is -2.08. The van der Waals surface area contributed by atoms with E-state index in [1.165, 1.54) is 0 Å². The largest absolute Gasteiger partial charge is 0.390 e. The normalized spacial score (nSPS) is 9.56. The van der Waals surface area contributed by atoms with E-state index in [0.717, 1.165) is 17.9 Å². The van der Waals surface area contributed by atoms with Crippen molar-refractivity contribution in [2.45, 2.75) is 13.4 Å². The molecule has 48 valence electrons. The third kappa shape index (κ3) is 1.53. The Morgan fingerprint density at radius 2 is 2.67 bits per heavy atom. The van der Waals surface area contributed by atoms with Crippen molar-refractivity contribution < 1.29 is 5.11 Å². The Morgan fingerprint density at radius 1 is 1.89 bits per heavy atom. The Bertz CT molecular complexity index is 170. The number of hydrogen-bond acceptors (Lipinski definition) is 3. The van der Waals surface area contributed by atoms with Crippen molar-refractivity contribution in [1.82, 2.24) is 4.98 Å². The smallest absolute Gasteiger partial charge is 0.192 e. The molecule has 0 saturated carbocycles. The summed E-state index contributed by atoms with van der Waals surface area (Å²) in [5.41, 5.74) is 0.789. The molecule has 0 aromatic carbocycles. The maximum absolute atomic E-state index is 8.59. The highest BCUT2D eigenvalue weighted by Crippen LogP contribution is 1.96. The number of thiazole rings is 1. The van der Waals surface area contributed by atoms with Crippen molar-refractivity contribution in [2.24, 2.45) is 0 Å². The molecule has 1 N–H and O–H groups in total. The average molecular weight is 141 g/mol. The third-order valence-electron chi connectivity index (χ3n) is 1.06.